The Hall–Kier alpha value is -2.38. The molecule has 0 radical (unpaired) electrons. The van der Waals surface area contributed by atoms with Crippen LogP contribution in [0.1, 0.15) is 17.5 Å². The maximum atomic E-state index is 12.9. The van der Waals surface area contributed by atoms with Gasteiger partial charge in [0.25, 0.3) is 0 Å². The lowest BCUT2D eigenvalue weighted by Gasteiger charge is -2.34. The number of rotatable bonds is 6. The summed E-state index contributed by atoms with van der Waals surface area (Å²) in [4.78, 5) is 14.4. The molecule has 7 heteroatoms. The fraction of sp³-hybridized carbons (Fsp3) is 0.381. The number of para-hydroxylation sites is 1. The Morgan fingerprint density at radius 2 is 1.64 bits per heavy atom. The van der Waals surface area contributed by atoms with Crippen LogP contribution in [0.4, 0.5) is 0 Å². The largest absolute Gasteiger partial charge is 0.493 e. The first kappa shape index (κ1) is 20.4. The molecule has 0 bridgehead atoms. The lowest BCUT2D eigenvalue weighted by Crippen LogP contribution is -2.50. The molecule has 2 aromatic rings. The van der Waals surface area contributed by atoms with Gasteiger partial charge in [0.15, 0.2) is 0 Å². The number of hydrogen-bond acceptors (Lipinski definition) is 4. The predicted octanol–water partition coefficient (Wildman–Crippen LogP) is 2.61. The maximum absolute atomic E-state index is 12.9. The second-order valence-corrected chi connectivity index (χ2v) is 8.88. The van der Waals surface area contributed by atoms with Crippen LogP contribution in [-0.4, -0.2) is 56.3 Å². The van der Waals surface area contributed by atoms with Crippen molar-refractivity contribution in [1.29, 1.82) is 0 Å². The average molecular weight is 403 g/mol. The number of carbonyl (C=O) groups is 1. The molecule has 0 aromatic heterocycles. The summed E-state index contributed by atoms with van der Waals surface area (Å²) >= 11 is 0. The molecule has 0 aliphatic carbocycles. The quantitative estimate of drug-likeness (QED) is 0.745. The molecule has 0 atom stereocenters. The molecule has 1 heterocycles. The molecule has 3 rings (SSSR count). The predicted molar refractivity (Wildman–Crippen MR) is 108 cm³/mol. The molecule has 0 spiro atoms. The summed E-state index contributed by atoms with van der Waals surface area (Å²) in [7, 11) is -3.53. The van der Waals surface area contributed by atoms with Crippen molar-refractivity contribution in [2.75, 3.05) is 32.8 Å². The van der Waals surface area contributed by atoms with E-state index in [1.807, 2.05) is 50.2 Å². The third-order valence-electron chi connectivity index (χ3n) is 5.04. The number of hydrogen-bond donors (Lipinski definition) is 0. The van der Waals surface area contributed by atoms with Gasteiger partial charge in [0, 0.05) is 26.2 Å². The van der Waals surface area contributed by atoms with Crippen LogP contribution in [0.25, 0.3) is 0 Å². The maximum Gasteiger partial charge on any atom is 0.243 e. The number of ether oxygens (including phenoxy) is 1. The van der Waals surface area contributed by atoms with Crippen LogP contribution < -0.4 is 4.74 Å². The zero-order valence-corrected chi connectivity index (χ0v) is 17.1. The minimum atomic E-state index is -3.53. The number of amides is 1. The van der Waals surface area contributed by atoms with Gasteiger partial charge in [0.1, 0.15) is 5.75 Å². The standard InChI is InChI=1S/C21H26N2O4S/c1-17-8-9-20(16-18(17)2)28(25,26)23-13-11-22(12-14-23)21(24)10-15-27-19-6-4-3-5-7-19/h3-9,16H,10-15H2,1-2H3. The van der Waals surface area contributed by atoms with E-state index in [1.54, 1.807) is 17.0 Å². The monoisotopic (exact) mass is 402 g/mol. The first-order chi connectivity index (χ1) is 13.4. The molecule has 0 N–H and O–H groups in total. The van der Waals surface area contributed by atoms with Crippen molar-refractivity contribution >= 4 is 15.9 Å². The lowest BCUT2D eigenvalue weighted by atomic mass is 10.1. The highest BCUT2D eigenvalue weighted by Crippen LogP contribution is 2.20. The fourth-order valence-corrected chi connectivity index (χ4v) is 4.64. The van der Waals surface area contributed by atoms with E-state index in [2.05, 4.69) is 0 Å². The molecule has 6 nitrogen and oxygen atoms in total. The second-order valence-electron chi connectivity index (χ2n) is 6.94. The third-order valence-corrected chi connectivity index (χ3v) is 6.93. The highest BCUT2D eigenvalue weighted by Gasteiger charge is 2.30. The third kappa shape index (κ3) is 4.72. The smallest absolute Gasteiger partial charge is 0.243 e. The molecule has 28 heavy (non-hydrogen) atoms. The summed E-state index contributed by atoms with van der Waals surface area (Å²) in [5.41, 5.74) is 2.01. The normalized spacial score (nSPS) is 15.4. The van der Waals surface area contributed by atoms with Crippen molar-refractivity contribution in [1.82, 2.24) is 9.21 Å². The Labute approximate surface area is 166 Å². The molecule has 2 aromatic carbocycles. The number of aryl methyl sites for hydroxylation is 2. The van der Waals surface area contributed by atoms with Gasteiger partial charge in [-0.15, -0.1) is 0 Å². The van der Waals surface area contributed by atoms with Crippen LogP contribution in [0.5, 0.6) is 5.75 Å². The van der Waals surface area contributed by atoms with Crippen LogP contribution in [0, 0.1) is 13.8 Å². The topological polar surface area (TPSA) is 66.9 Å². The number of carbonyl (C=O) groups excluding carboxylic acids is 1. The van der Waals surface area contributed by atoms with Gasteiger partial charge < -0.3 is 9.64 Å². The Morgan fingerprint density at radius 1 is 0.964 bits per heavy atom. The van der Waals surface area contributed by atoms with Crippen LogP contribution >= 0.6 is 0 Å². The van der Waals surface area contributed by atoms with E-state index in [0.29, 0.717) is 37.7 Å². The first-order valence-corrected chi connectivity index (χ1v) is 10.8. The van der Waals surface area contributed by atoms with Crippen LogP contribution in [0.15, 0.2) is 53.4 Å². The minimum Gasteiger partial charge on any atom is -0.493 e. The first-order valence-electron chi connectivity index (χ1n) is 9.41. The Bertz CT molecular complexity index is 921. The van der Waals surface area contributed by atoms with Crippen LogP contribution in [0.3, 0.4) is 0 Å². The van der Waals surface area contributed by atoms with Gasteiger partial charge in [-0.2, -0.15) is 4.31 Å². The molecule has 1 amide bonds. The molecule has 150 valence electrons. The zero-order chi connectivity index (χ0) is 20.1. The van der Waals surface area contributed by atoms with Crippen LogP contribution in [-0.2, 0) is 14.8 Å². The SMILES string of the molecule is Cc1ccc(S(=O)(=O)N2CCN(C(=O)CCOc3ccccc3)CC2)cc1C. The summed E-state index contributed by atoms with van der Waals surface area (Å²) < 4.78 is 32.7. The van der Waals surface area contributed by atoms with E-state index in [4.69, 9.17) is 4.74 Å². The molecular weight excluding hydrogens is 376 g/mol. The molecular formula is C21H26N2O4S. The van der Waals surface area contributed by atoms with Gasteiger partial charge in [-0.05, 0) is 49.2 Å². The second kappa shape index (κ2) is 8.75. The Morgan fingerprint density at radius 3 is 2.29 bits per heavy atom. The van der Waals surface area contributed by atoms with Crippen molar-refractivity contribution in [3.8, 4) is 5.75 Å². The number of benzene rings is 2. The summed E-state index contributed by atoms with van der Waals surface area (Å²) in [6.45, 7) is 5.58. The highest BCUT2D eigenvalue weighted by atomic mass is 32.2. The molecule has 1 aliphatic heterocycles. The van der Waals surface area contributed by atoms with Crippen molar-refractivity contribution < 1.29 is 17.9 Å². The van der Waals surface area contributed by atoms with Gasteiger partial charge in [0.05, 0.1) is 17.9 Å². The highest BCUT2D eigenvalue weighted by molar-refractivity contribution is 7.89. The van der Waals surface area contributed by atoms with Gasteiger partial charge in [-0.3, -0.25) is 4.79 Å². The summed E-state index contributed by atoms with van der Waals surface area (Å²) in [5.74, 6) is 0.721. The number of piperazine rings is 1. The summed E-state index contributed by atoms with van der Waals surface area (Å²) in [5, 5.41) is 0. The summed E-state index contributed by atoms with van der Waals surface area (Å²) in [6.07, 6.45) is 0.277. The van der Waals surface area contributed by atoms with Crippen LogP contribution in [0.2, 0.25) is 0 Å². The van der Waals surface area contributed by atoms with E-state index < -0.39 is 10.0 Å². The Kier molecular flexibility index (Phi) is 6.36. The van der Waals surface area contributed by atoms with Crippen molar-refractivity contribution in [2.24, 2.45) is 0 Å². The van der Waals surface area contributed by atoms with E-state index >= 15 is 0 Å². The van der Waals surface area contributed by atoms with Gasteiger partial charge in [0.2, 0.25) is 15.9 Å². The van der Waals surface area contributed by atoms with Gasteiger partial charge >= 0.3 is 0 Å². The number of nitrogens with zero attached hydrogens (tertiary/aromatic N) is 2. The van der Waals surface area contributed by atoms with E-state index in [9.17, 15) is 13.2 Å². The molecule has 0 unspecified atom stereocenters. The zero-order valence-electron chi connectivity index (χ0n) is 16.3. The molecule has 1 saturated heterocycles. The van der Waals surface area contributed by atoms with E-state index in [0.717, 1.165) is 16.9 Å². The summed E-state index contributed by atoms with van der Waals surface area (Å²) in [6, 6.07) is 14.6. The van der Waals surface area contributed by atoms with Crippen molar-refractivity contribution in [3.05, 3.63) is 59.7 Å². The molecule has 1 fully saturated rings. The van der Waals surface area contributed by atoms with E-state index in [-0.39, 0.29) is 12.3 Å². The average Bonchev–Trinajstić information content (AvgIpc) is 2.71. The molecule has 1 aliphatic rings. The fourth-order valence-electron chi connectivity index (χ4n) is 3.13. The van der Waals surface area contributed by atoms with Gasteiger partial charge in [-0.1, -0.05) is 24.3 Å². The Balaban J connectivity index is 1.52. The number of sulfonamides is 1. The molecule has 0 saturated carbocycles. The van der Waals surface area contributed by atoms with Crippen molar-refractivity contribution in [2.45, 2.75) is 25.2 Å². The lowest BCUT2D eigenvalue weighted by molar-refractivity contribution is -0.132. The van der Waals surface area contributed by atoms with Crippen molar-refractivity contribution in [3.63, 3.8) is 0 Å². The minimum absolute atomic E-state index is 0.0147. The van der Waals surface area contributed by atoms with E-state index in [1.165, 1.54) is 4.31 Å². The van der Waals surface area contributed by atoms with Gasteiger partial charge in [-0.25, -0.2) is 8.42 Å².